The second kappa shape index (κ2) is 8.60. The van der Waals surface area contributed by atoms with Crippen LogP contribution in [0.25, 0.3) is 0 Å². The quantitative estimate of drug-likeness (QED) is 0.667. The lowest BCUT2D eigenvalue weighted by molar-refractivity contribution is 0.487. The molecule has 0 fully saturated rings. The highest BCUT2D eigenvalue weighted by molar-refractivity contribution is 7.99. The van der Waals surface area contributed by atoms with E-state index in [1.54, 1.807) is 0 Å². The Morgan fingerprint density at radius 2 is 1.64 bits per heavy atom. The van der Waals surface area contributed by atoms with Crippen molar-refractivity contribution in [1.82, 2.24) is 5.32 Å². The second-order valence-electron chi connectivity index (χ2n) is 4.46. The van der Waals surface area contributed by atoms with Crippen LogP contribution in [-0.4, -0.2) is 23.6 Å². The topological polar surface area (TPSA) is 12.0 Å². The van der Waals surface area contributed by atoms with Gasteiger partial charge in [0.05, 0.1) is 0 Å². The van der Waals surface area contributed by atoms with Crippen molar-refractivity contribution in [2.24, 2.45) is 5.92 Å². The average Bonchev–Trinajstić information content (AvgIpc) is 2.16. The summed E-state index contributed by atoms with van der Waals surface area (Å²) in [6.07, 6.45) is 2.50. The van der Waals surface area contributed by atoms with Crippen molar-refractivity contribution in [2.75, 3.05) is 12.3 Å². The molecule has 0 amide bonds. The Bertz CT molecular complexity index is 121. The molecule has 0 aliphatic heterocycles. The molecule has 0 saturated heterocycles. The van der Waals surface area contributed by atoms with E-state index in [9.17, 15) is 0 Å². The highest BCUT2D eigenvalue weighted by atomic mass is 32.2. The van der Waals surface area contributed by atoms with Crippen LogP contribution in [0.3, 0.4) is 0 Å². The average molecular weight is 217 g/mol. The molecule has 0 aromatic carbocycles. The van der Waals surface area contributed by atoms with Gasteiger partial charge in [-0.15, -0.1) is 0 Å². The largest absolute Gasteiger partial charge is 0.313 e. The van der Waals surface area contributed by atoms with Gasteiger partial charge in [0.1, 0.15) is 0 Å². The van der Waals surface area contributed by atoms with Crippen LogP contribution in [0.15, 0.2) is 0 Å². The molecule has 0 bridgehead atoms. The molecule has 0 aliphatic carbocycles. The molecule has 0 saturated carbocycles. The standard InChI is InChI=1S/C12H27NS/c1-6-12(7-2)13-8-11(5)14-9-10(3)4/h10-13H,6-9H2,1-5H3. The Morgan fingerprint density at radius 1 is 1.07 bits per heavy atom. The van der Waals surface area contributed by atoms with Gasteiger partial charge in [-0.05, 0) is 24.5 Å². The smallest absolute Gasteiger partial charge is 0.0144 e. The van der Waals surface area contributed by atoms with Crippen LogP contribution in [0, 0.1) is 5.92 Å². The predicted octanol–water partition coefficient (Wildman–Crippen LogP) is 3.54. The lowest BCUT2D eigenvalue weighted by Gasteiger charge is -2.19. The van der Waals surface area contributed by atoms with Crippen molar-refractivity contribution in [1.29, 1.82) is 0 Å². The van der Waals surface area contributed by atoms with E-state index in [1.807, 2.05) is 0 Å². The number of hydrogen-bond acceptors (Lipinski definition) is 2. The van der Waals surface area contributed by atoms with Crippen molar-refractivity contribution < 1.29 is 0 Å². The van der Waals surface area contributed by atoms with Crippen LogP contribution >= 0.6 is 11.8 Å². The summed E-state index contributed by atoms with van der Waals surface area (Å²) in [6, 6.07) is 0.720. The van der Waals surface area contributed by atoms with Gasteiger partial charge >= 0.3 is 0 Å². The molecule has 0 aromatic rings. The summed E-state index contributed by atoms with van der Waals surface area (Å²) in [5.41, 5.74) is 0. The molecule has 14 heavy (non-hydrogen) atoms. The Balaban J connectivity index is 3.46. The number of hydrogen-bond donors (Lipinski definition) is 1. The zero-order valence-electron chi connectivity index (χ0n) is 10.5. The van der Waals surface area contributed by atoms with Gasteiger partial charge in [-0.2, -0.15) is 11.8 Å². The summed E-state index contributed by atoms with van der Waals surface area (Å²) in [5, 5.41) is 4.37. The molecule has 0 heterocycles. The minimum absolute atomic E-state index is 0.720. The van der Waals surface area contributed by atoms with Gasteiger partial charge in [-0.25, -0.2) is 0 Å². The first-order valence-corrected chi connectivity index (χ1v) is 6.99. The molecule has 0 rings (SSSR count). The summed E-state index contributed by atoms with van der Waals surface area (Å²) in [7, 11) is 0. The molecule has 0 spiro atoms. The summed E-state index contributed by atoms with van der Waals surface area (Å²) in [5.74, 6) is 2.10. The molecule has 1 unspecified atom stereocenters. The minimum Gasteiger partial charge on any atom is -0.313 e. The van der Waals surface area contributed by atoms with Crippen molar-refractivity contribution in [3.8, 4) is 0 Å². The Hall–Kier alpha value is 0.310. The maximum Gasteiger partial charge on any atom is 0.0144 e. The molecule has 0 radical (unpaired) electrons. The zero-order chi connectivity index (χ0) is 11.0. The normalized spacial score (nSPS) is 13.9. The van der Waals surface area contributed by atoms with Gasteiger partial charge in [-0.1, -0.05) is 34.6 Å². The van der Waals surface area contributed by atoms with E-state index in [0.717, 1.165) is 23.8 Å². The van der Waals surface area contributed by atoms with Gasteiger partial charge in [0, 0.05) is 17.8 Å². The molecule has 2 heteroatoms. The second-order valence-corrected chi connectivity index (χ2v) is 5.93. The van der Waals surface area contributed by atoms with Gasteiger partial charge in [0.15, 0.2) is 0 Å². The van der Waals surface area contributed by atoms with Gasteiger partial charge < -0.3 is 5.32 Å². The number of nitrogens with one attached hydrogen (secondary N) is 1. The van der Waals surface area contributed by atoms with Crippen LogP contribution in [0.2, 0.25) is 0 Å². The van der Waals surface area contributed by atoms with E-state index in [-0.39, 0.29) is 0 Å². The number of thioether (sulfide) groups is 1. The number of rotatable bonds is 8. The fraction of sp³-hybridized carbons (Fsp3) is 1.00. The first kappa shape index (κ1) is 14.3. The Morgan fingerprint density at radius 3 is 2.07 bits per heavy atom. The third kappa shape index (κ3) is 7.69. The maximum atomic E-state index is 3.62. The molecular weight excluding hydrogens is 190 g/mol. The van der Waals surface area contributed by atoms with E-state index in [0.29, 0.717) is 0 Å². The first-order chi connectivity index (χ1) is 6.60. The molecular formula is C12H27NS. The molecule has 1 nitrogen and oxygen atoms in total. The van der Waals surface area contributed by atoms with Gasteiger partial charge in [0.2, 0.25) is 0 Å². The summed E-state index contributed by atoms with van der Waals surface area (Å²) in [4.78, 5) is 0. The maximum absolute atomic E-state index is 3.62. The van der Waals surface area contributed by atoms with Crippen LogP contribution in [0.5, 0.6) is 0 Å². The fourth-order valence-electron chi connectivity index (χ4n) is 1.33. The lowest BCUT2D eigenvalue weighted by Crippen LogP contribution is -2.32. The van der Waals surface area contributed by atoms with E-state index in [2.05, 4.69) is 51.7 Å². The van der Waals surface area contributed by atoms with Gasteiger partial charge in [-0.3, -0.25) is 0 Å². The van der Waals surface area contributed by atoms with Crippen LogP contribution in [0.4, 0.5) is 0 Å². The van der Waals surface area contributed by atoms with Crippen molar-refractivity contribution in [2.45, 2.75) is 58.8 Å². The van der Waals surface area contributed by atoms with E-state index in [4.69, 9.17) is 0 Å². The predicted molar refractivity (Wildman–Crippen MR) is 69.1 cm³/mol. The molecule has 0 aliphatic rings. The first-order valence-electron chi connectivity index (χ1n) is 5.95. The van der Waals surface area contributed by atoms with Crippen LogP contribution in [-0.2, 0) is 0 Å². The van der Waals surface area contributed by atoms with Crippen LogP contribution < -0.4 is 5.32 Å². The molecule has 1 atom stereocenters. The van der Waals surface area contributed by atoms with Crippen molar-refractivity contribution in [3.63, 3.8) is 0 Å². The summed E-state index contributed by atoms with van der Waals surface area (Å²) in [6.45, 7) is 12.6. The molecule has 86 valence electrons. The van der Waals surface area contributed by atoms with E-state index in [1.165, 1.54) is 18.6 Å². The lowest BCUT2D eigenvalue weighted by atomic mass is 10.2. The third-order valence-electron chi connectivity index (χ3n) is 2.39. The van der Waals surface area contributed by atoms with E-state index < -0.39 is 0 Å². The minimum atomic E-state index is 0.720. The summed E-state index contributed by atoms with van der Waals surface area (Å²) < 4.78 is 0. The summed E-state index contributed by atoms with van der Waals surface area (Å²) >= 11 is 2.08. The SMILES string of the molecule is CCC(CC)NCC(C)SCC(C)C. The highest BCUT2D eigenvalue weighted by Gasteiger charge is 2.07. The monoisotopic (exact) mass is 217 g/mol. The fourth-order valence-corrected chi connectivity index (χ4v) is 2.25. The highest BCUT2D eigenvalue weighted by Crippen LogP contribution is 2.14. The van der Waals surface area contributed by atoms with Gasteiger partial charge in [0.25, 0.3) is 0 Å². The molecule has 0 aromatic heterocycles. The Kier molecular flexibility index (Phi) is 8.80. The van der Waals surface area contributed by atoms with Crippen molar-refractivity contribution >= 4 is 11.8 Å². The van der Waals surface area contributed by atoms with Crippen molar-refractivity contribution in [3.05, 3.63) is 0 Å². The Labute approximate surface area is 94.4 Å². The third-order valence-corrected chi connectivity index (χ3v) is 3.99. The zero-order valence-corrected chi connectivity index (χ0v) is 11.3. The van der Waals surface area contributed by atoms with E-state index >= 15 is 0 Å². The molecule has 1 N–H and O–H groups in total. The van der Waals surface area contributed by atoms with Crippen LogP contribution in [0.1, 0.15) is 47.5 Å².